The van der Waals surface area contributed by atoms with Crippen LogP contribution in [0.4, 0.5) is 0 Å². The van der Waals surface area contributed by atoms with Crippen LogP contribution in [0.25, 0.3) is 0 Å². The summed E-state index contributed by atoms with van der Waals surface area (Å²) >= 11 is 0. The number of rotatable bonds is 9. The second-order valence-corrected chi connectivity index (χ2v) is 9.98. The monoisotopic (exact) mass is 471 g/mol. The second-order valence-electron chi connectivity index (χ2n) is 8.09. The Hall–Kier alpha value is -3.80. The predicted molar refractivity (Wildman–Crippen MR) is 129 cm³/mol. The Morgan fingerprint density at radius 1 is 0.853 bits per heavy atom. The lowest BCUT2D eigenvalue weighted by molar-refractivity contribution is 0.530. The van der Waals surface area contributed by atoms with Gasteiger partial charge in [-0.2, -0.15) is 5.26 Å². The smallest absolute Gasteiger partial charge is 0.250 e. The van der Waals surface area contributed by atoms with Crippen molar-refractivity contribution >= 4 is 9.84 Å². The molecule has 0 fully saturated rings. The highest BCUT2D eigenvalue weighted by atomic mass is 32.2. The Balaban J connectivity index is 1.65. The average Bonchev–Trinajstić information content (AvgIpc) is 3.29. The molecule has 0 aliphatic heterocycles. The minimum absolute atomic E-state index is 0.0914. The maximum absolute atomic E-state index is 13.4. The molecule has 7 nitrogen and oxygen atoms in total. The Morgan fingerprint density at radius 2 is 1.47 bits per heavy atom. The minimum atomic E-state index is -3.80. The number of benzene rings is 3. The summed E-state index contributed by atoms with van der Waals surface area (Å²) in [5.74, 6) is 0.203. The van der Waals surface area contributed by atoms with E-state index in [1.165, 1.54) is 0 Å². The lowest BCUT2D eigenvalue weighted by Gasteiger charge is -2.15. The Morgan fingerprint density at radius 3 is 2.09 bits per heavy atom. The molecule has 8 heteroatoms. The molecule has 172 valence electrons. The van der Waals surface area contributed by atoms with Gasteiger partial charge in [0.1, 0.15) is 0 Å². The molecule has 0 spiro atoms. The van der Waals surface area contributed by atoms with Crippen molar-refractivity contribution < 1.29 is 8.42 Å². The number of nitrogens with two attached hydrogens (primary N) is 1. The van der Waals surface area contributed by atoms with Crippen molar-refractivity contribution in [3.63, 3.8) is 0 Å². The van der Waals surface area contributed by atoms with E-state index in [-0.39, 0.29) is 10.9 Å². The van der Waals surface area contributed by atoms with Gasteiger partial charge in [0.15, 0.2) is 5.82 Å². The largest absolute Gasteiger partial charge is 0.321 e. The number of hydrogen-bond donors (Lipinski definition) is 1. The summed E-state index contributed by atoms with van der Waals surface area (Å²) in [6, 6.07) is 27.6. The number of sulfone groups is 1. The normalized spacial score (nSPS) is 12.2. The van der Waals surface area contributed by atoms with Crippen LogP contribution in [-0.4, -0.2) is 23.2 Å². The molecule has 0 saturated heterocycles. The molecule has 34 heavy (non-hydrogen) atoms. The quantitative estimate of drug-likeness (QED) is 0.399. The Bertz CT molecular complexity index is 1380. The number of nitrogens with zero attached hydrogens (tertiary/aromatic N) is 4. The molecule has 2 N–H and O–H groups in total. The highest BCUT2D eigenvalue weighted by molar-refractivity contribution is 7.90. The van der Waals surface area contributed by atoms with E-state index in [0.717, 1.165) is 11.1 Å². The molecule has 0 bridgehead atoms. The summed E-state index contributed by atoms with van der Waals surface area (Å²) in [7, 11) is -3.80. The zero-order valence-electron chi connectivity index (χ0n) is 18.6. The zero-order chi connectivity index (χ0) is 24.0. The highest BCUT2D eigenvalue weighted by Gasteiger charge is 2.27. The van der Waals surface area contributed by atoms with E-state index < -0.39 is 15.9 Å². The van der Waals surface area contributed by atoms with E-state index in [0.29, 0.717) is 36.3 Å². The van der Waals surface area contributed by atoms with Crippen LogP contribution < -0.4 is 5.73 Å². The predicted octanol–water partition coefficient (Wildman–Crippen LogP) is 3.61. The van der Waals surface area contributed by atoms with Crippen molar-refractivity contribution in [2.24, 2.45) is 5.73 Å². The first-order chi connectivity index (χ1) is 16.5. The molecule has 0 aliphatic carbocycles. The van der Waals surface area contributed by atoms with Crippen molar-refractivity contribution in [1.82, 2.24) is 14.8 Å². The molecule has 0 radical (unpaired) electrons. The molecule has 1 heterocycles. The van der Waals surface area contributed by atoms with Crippen molar-refractivity contribution in [1.29, 1.82) is 5.26 Å². The molecule has 0 aliphatic rings. The molecule has 3 aromatic carbocycles. The molecule has 0 saturated carbocycles. The first-order valence-corrected chi connectivity index (χ1v) is 12.6. The van der Waals surface area contributed by atoms with E-state index in [2.05, 4.69) is 10.2 Å². The third-order valence-electron chi connectivity index (χ3n) is 5.56. The van der Waals surface area contributed by atoms with Gasteiger partial charge in [-0.25, -0.2) is 8.42 Å². The zero-order valence-corrected chi connectivity index (χ0v) is 19.4. The van der Waals surface area contributed by atoms with Crippen LogP contribution in [0.3, 0.4) is 0 Å². The molecule has 0 amide bonds. The Labute approximate surface area is 199 Å². The fraction of sp³-hybridized carbons (Fsp3) is 0.192. The Kier molecular flexibility index (Phi) is 7.16. The summed E-state index contributed by atoms with van der Waals surface area (Å²) in [6.45, 7) is 0.386. The SMILES string of the molecule is N#Cc1ccc(CS(=O)(=O)c2nnc([C@@H](N)Cc3ccccc3)n2CCc2ccccc2)cc1. The van der Waals surface area contributed by atoms with Crippen molar-refractivity contribution in [2.45, 2.75) is 36.3 Å². The van der Waals surface area contributed by atoms with E-state index in [9.17, 15) is 8.42 Å². The summed E-state index contributed by atoms with van der Waals surface area (Å²) < 4.78 is 28.3. The van der Waals surface area contributed by atoms with Crippen LogP contribution in [0.15, 0.2) is 90.1 Å². The number of aromatic nitrogens is 3. The van der Waals surface area contributed by atoms with Gasteiger partial charge in [-0.1, -0.05) is 72.8 Å². The van der Waals surface area contributed by atoms with Crippen LogP contribution in [0.5, 0.6) is 0 Å². The summed E-state index contributed by atoms with van der Waals surface area (Å²) in [5.41, 5.74) is 9.65. The molecule has 4 aromatic rings. The van der Waals surface area contributed by atoms with Gasteiger partial charge < -0.3 is 10.3 Å². The third-order valence-corrected chi connectivity index (χ3v) is 7.13. The average molecular weight is 472 g/mol. The van der Waals surface area contributed by atoms with Crippen LogP contribution in [0.1, 0.15) is 34.1 Å². The number of aryl methyl sites for hydroxylation is 1. The lowest BCUT2D eigenvalue weighted by atomic mass is 10.1. The van der Waals surface area contributed by atoms with Crippen molar-refractivity contribution in [3.8, 4) is 6.07 Å². The fourth-order valence-electron chi connectivity index (χ4n) is 3.82. The van der Waals surface area contributed by atoms with Gasteiger partial charge in [0.25, 0.3) is 0 Å². The summed E-state index contributed by atoms with van der Waals surface area (Å²) in [4.78, 5) is 0. The standard InChI is InChI=1S/C26H25N5O2S/c27-18-22-11-13-23(14-12-22)19-34(32,33)26-30-29-25(24(28)17-21-9-5-2-6-10-21)31(26)16-15-20-7-3-1-4-8-20/h1-14,24H,15-17,19,28H2/t24-/m0/s1. The molecule has 1 aromatic heterocycles. The second kappa shape index (κ2) is 10.4. The summed E-state index contributed by atoms with van der Waals surface area (Å²) in [6.07, 6.45) is 1.13. The highest BCUT2D eigenvalue weighted by Crippen LogP contribution is 2.22. The maximum atomic E-state index is 13.4. The first kappa shape index (κ1) is 23.4. The van der Waals surface area contributed by atoms with Gasteiger partial charge in [-0.3, -0.25) is 0 Å². The molecule has 0 unspecified atom stereocenters. The van der Waals surface area contributed by atoms with Gasteiger partial charge in [-0.05, 0) is 41.7 Å². The van der Waals surface area contributed by atoms with Crippen LogP contribution >= 0.6 is 0 Å². The van der Waals surface area contributed by atoms with Gasteiger partial charge in [0.2, 0.25) is 15.0 Å². The lowest BCUT2D eigenvalue weighted by Crippen LogP contribution is -2.22. The number of hydrogen-bond acceptors (Lipinski definition) is 6. The van der Waals surface area contributed by atoms with Gasteiger partial charge in [0.05, 0.1) is 23.4 Å². The molecular weight excluding hydrogens is 446 g/mol. The van der Waals surface area contributed by atoms with Crippen molar-refractivity contribution in [2.75, 3.05) is 0 Å². The van der Waals surface area contributed by atoms with Gasteiger partial charge in [0, 0.05) is 6.54 Å². The van der Waals surface area contributed by atoms with E-state index >= 15 is 0 Å². The maximum Gasteiger partial charge on any atom is 0.250 e. The summed E-state index contributed by atoms with van der Waals surface area (Å²) in [5, 5.41) is 17.2. The molecular formula is C26H25N5O2S. The van der Waals surface area contributed by atoms with E-state index in [1.807, 2.05) is 66.7 Å². The van der Waals surface area contributed by atoms with E-state index in [1.54, 1.807) is 28.8 Å². The molecule has 1 atom stereocenters. The number of nitriles is 1. The topological polar surface area (TPSA) is 115 Å². The van der Waals surface area contributed by atoms with Crippen molar-refractivity contribution in [3.05, 3.63) is 113 Å². The van der Waals surface area contributed by atoms with Gasteiger partial charge in [-0.15, -0.1) is 10.2 Å². The molecule has 4 rings (SSSR count). The van der Waals surface area contributed by atoms with Crippen LogP contribution in [0.2, 0.25) is 0 Å². The third kappa shape index (κ3) is 5.57. The fourth-order valence-corrected chi connectivity index (χ4v) is 5.27. The first-order valence-electron chi connectivity index (χ1n) is 10.9. The minimum Gasteiger partial charge on any atom is -0.321 e. The van der Waals surface area contributed by atoms with Gasteiger partial charge >= 0.3 is 0 Å². The van der Waals surface area contributed by atoms with Crippen LogP contribution in [-0.2, 0) is 35.0 Å². The van der Waals surface area contributed by atoms with Crippen LogP contribution in [0, 0.1) is 11.3 Å². The van der Waals surface area contributed by atoms with E-state index in [4.69, 9.17) is 11.0 Å².